The van der Waals surface area contributed by atoms with Crippen LogP contribution in [0.3, 0.4) is 0 Å². The van der Waals surface area contributed by atoms with Gasteiger partial charge in [0.15, 0.2) is 5.69 Å². The number of fused-ring (bicyclic) bond motifs is 2. The molecule has 1 N–H and O–H groups in total. The first-order valence-corrected chi connectivity index (χ1v) is 8.26. The smallest absolute Gasteiger partial charge is 0.273 e. The number of nitrogens with zero attached hydrogens (tertiary/aromatic N) is 2. The molecule has 0 spiro atoms. The van der Waals surface area contributed by atoms with Gasteiger partial charge in [0.05, 0.1) is 10.2 Å². The van der Waals surface area contributed by atoms with Crippen LogP contribution in [-0.4, -0.2) is 21.7 Å². The third kappa shape index (κ3) is 2.30. The van der Waals surface area contributed by atoms with Gasteiger partial charge < -0.3 is 5.32 Å². The Morgan fingerprint density at radius 1 is 1.45 bits per heavy atom. The number of carbonyl (C=O) groups is 1. The van der Waals surface area contributed by atoms with Gasteiger partial charge in [-0.3, -0.25) is 9.48 Å². The van der Waals surface area contributed by atoms with E-state index < -0.39 is 0 Å². The summed E-state index contributed by atoms with van der Waals surface area (Å²) in [5.74, 6) is 2.33. The summed E-state index contributed by atoms with van der Waals surface area (Å²) >= 11 is 3.46. The van der Waals surface area contributed by atoms with Crippen LogP contribution in [0.4, 0.5) is 0 Å². The summed E-state index contributed by atoms with van der Waals surface area (Å²) in [6.45, 7) is 4.10. The summed E-state index contributed by atoms with van der Waals surface area (Å²) in [6, 6.07) is 0.243. The van der Waals surface area contributed by atoms with Crippen LogP contribution in [0, 0.1) is 24.7 Å². The van der Waals surface area contributed by atoms with E-state index in [2.05, 4.69) is 33.3 Å². The molecule has 4 nitrogen and oxygen atoms in total. The zero-order valence-corrected chi connectivity index (χ0v) is 13.9. The maximum absolute atomic E-state index is 12.4. The molecule has 1 amide bonds. The van der Waals surface area contributed by atoms with Crippen molar-refractivity contribution in [1.29, 1.82) is 0 Å². The molecule has 1 aromatic rings. The largest absolute Gasteiger partial charge is 0.348 e. The molecule has 0 saturated heterocycles. The number of carbonyl (C=O) groups excluding carboxylic acids is 1. The Kier molecular flexibility index (Phi) is 3.65. The number of nitrogens with one attached hydrogen (secondary N) is 1. The Morgan fingerprint density at radius 2 is 2.20 bits per heavy atom. The van der Waals surface area contributed by atoms with Gasteiger partial charge >= 0.3 is 0 Å². The molecule has 0 radical (unpaired) electrons. The van der Waals surface area contributed by atoms with Crippen LogP contribution < -0.4 is 5.32 Å². The Bertz CT molecular complexity index is 539. The van der Waals surface area contributed by atoms with Gasteiger partial charge in [0, 0.05) is 13.1 Å². The minimum atomic E-state index is -0.0594. The number of halogens is 1. The van der Waals surface area contributed by atoms with Gasteiger partial charge in [-0.05, 0) is 66.8 Å². The van der Waals surface area contributed by atoms with Crippen molar-refractivity contribution in [1.82, 2.24) is 15.1 Å². The summed E-state index contributed by atoms with van der Waals surface area (Å²) < 4.78 is 2.54. The van der Waals surface area contributed by atoms with Crippen molar-refractivity contribution >= 4 is 21.8 Å². The number of amides is 1. The van der Waals surface area contributed by atoms with Crippen LogP contribution >= 0.6 is 15.9 Å². The number of hydrogen-bond donors (Lipinski definition) is 1. The Balaban J connectivity index is 1.68. The van der Waals surface area contributed by atoms with E-state index in [-0.39, 0.29) is 11.9 Å². The van der Waals surface area contributed by atoms with Crippen molar-refractivity contribution in [2.75, 3.05) is 0 Å². The lowest BCUT2D eigenvalue weighted by Crippen LogP contribution is -2.40. The SMILES string of the molecule is Cc1c(Br)c(C(=O)N[C@@H](C)[C@@H]2C[C@@H]3CC[C@@H]2C3)nn1C. The minimum Gasteiger partial charge on any atom is -0.348 e. The van der Waals surface area contributed by atoms with E-state index in [1.54, 1.807) is 4.68 Å². The molecule has 2 bridgehead atoms. The standard InChI is InChI=1S/C15H22BrN3O/c1-8(12-7-10-4-5-11(12)6-10)17-15(20)14-13(16)9(2)19(3)18-14/h8,10-12H,4-7H2,1-3H3,(H,17,20)/t8-,10+,11+,12-/m0/s1. The predicted molar refractivity (Wildman–Crippen MR) is 81.5 cm³/mol. The van der Waals surface area contributed by atoms with Crippen molar-refractivity contribution in [2.45, 2.75) is 45.6 Å². The highest BCUT2D eigenvalue weighted by Crippen LogP contribution is 2.49. The molecule has 4 atom stereocenters. The summed E-state index contributed by atoms with van der Waals surface area (Å²) in [7, 11) is 1.86. The fraction of sp³-hybridized carbons (Fsp3) is 0.733. The molecule has 20 heavy (non-hydrogen) atoms. The third-order valence-electron chi connectivity index (χ3n) is 5.27. The minimum absolute atomic E-state index is 0.0594. The highest BCUT2D eigenvalue weighted by molar-refractivity contribution is 9.10. The maximum atomic E-state index is 12.4. The second kappa shape index (κ2) is 5.17. The Hall–Kier alpha value is -0.840. The molecule has 2 fully saturated rings. The molecule has 110 valence electrons. The molecule has 3 rings (SSSR count). The fourth-order valence-corrected chi connectivity index (χ4v) is 4.53. The van der Waals surface area contributed by atoms with E-state index in [1.165, 1.54) is 25.7 Å². The molecule has 2 aliphatic carbocycles. The van der Waals surface area contributed by atoms with E-state index in [4.69, 9.17) is 0 Å². The molecular weight excluding hydrogens is 318 g/mol. The first-order valence-electron chi connectivity index (χ1n) is 7.47. The van der Waals surface area contributed by atoms with E-state index in [9.17, 15) is 4.79 Å². The van der Waals surface area contributed by atoms with Gasteiger partial charge in [0.2, 0.25) is 0 Å². The molecule has 0 aromatic carbocycles. The number of rotatable bonds is 3. The van der Waals surface area contributed by atoms with E-state index in [1.807, 2.05) is 14.0 Å². The van der Waals surface area contributed by atoms with Gasteiger partial charge in [-0.1, -0.05) is 6.42 Å². The Labute approximate surface area is 128 Å². The summed E-state index contributed by atoms with van der Waals surface area (Å²) in [5, 5.41) is 7.45. The van der Waals surface area contributed by atoms with Crippen LogP contribution in [0.2, 0.25) is 0 Å². The van der Waals surface area contributed by atoms with Gasteiger partial charge in [0.25, 0.3) is 5.91 Å². The van der Waals surface area contributed by atoms with Crippen LogP contribution in [0.25, 0.3) is 0 Å². The Morgan fingerprint density at radius 3 is 2.70 bits per heavy atom. The van der Waals surface area contributed by atoms with Crippen LogP contribution in [0.15, 0.2) is 4.47 Å². The molecular formula is C15H22BrN3O. The second-order valence-corrected chi connectivity index (χ2v) is 7.27. The molecule has 1 aromatic heterocycles. The normalized spacial score (nSPS) is 29.7. The molecule has 5 heteroatoms. The third-order valence-corrected chi connectivity index (χ3v) is 6.22. The summed E-state index contributed by atoms with van der Waals surface area (Å²) in [6.07, 6.45) is 5.40. The second-order valence-electron chi connectivity index (χ2n) is 6.47. The lowest BCUT2D eigenvalue weighted by molar-refractivity contribution is 0.0908. The van der Waals surface area contributed by atoms with Crippen molar-refractivity contribution in [3.05, 3.63) is 15.9 Å². The first-order chi connectivity index (χ1) is 9.47. The number of aryl methyl sites for hydroxylation is 1. The van der Waals surface area contributed by atoms with E-state index >= 15 is 0 Å². The van der Waals surface area contributed by atoms with Crippen LogP contribution in [0.5, 0.6) is 0 Å². The van der Waals surface area contributed by atoms with Crippen LogP contribution in [0.1, 0.15) is 48.8 Å². The fourth-order valence-electron chi connectivity index (χ4n) is 4.02. The lowest BCUT2D eigenvalue weighted by Gasteiger charge is -2.28. The quantitative estimate of drug-likeness (QED) is 0.919. The first kappa shape index (κ1) is 14.1. The zero-order chi connectivity index (χ0) is 14.4. The van der Waals surface area contributed by atoms with E-state index in [0.717, 1.165) is 22.0 Å². The van der Waals surface area contributed by atoms with Gasteiger partial charge in [0.1, 0.15) is 0 Å². The maximum Gasteiger partial charge on any atom is 0.273 e. The molecule has 2 saturated carbocycles. The topological polar surface area (TPSA) is 46.9 Å². The lowest BCUT2D eigenvalue weighted by atomic mass is 9.84. The highest BCUT2D eigenvalue weighted by atomic mass is 79.9. The van der Waals surface area contributed by atoms with Gasteiger partial charge in [-0.25, -0.2) is 0 Å². The average molecular weight is 340 g/mol. The highest BCUT2D eigenvalue weighted by Gasteiger charge is 2.42. The molecule has 0 aliphatic heterocycles. The van der Waals surface area contributed by atoms with Gasteiger partial charge in [-0.2, -0.15) is 5.10 Å². The predicted octanol–water partition coefficient (Wildman–Crippen LogP) is 3.05. The summed E-state index contributed by atoms with van der Waals surface area (Å²) in [4.78, 5) is 12.4. The van der Waals surface area contributed by atoms with Crippen molar-refractivity contribution in [3.63, 3.8) is 0 Å². The molecule has 2 aliphatic rings. The zero-order valence-electron chi connectivity index (χ0n) is 12.3. The molecule has 0 unspecified atom stereocenters. The van der Waals surface area contributed by atoms with Crippen molar-refractivity contribution < 1.29 is 4.79 Å². The molecule has 1 heterocycles. The number of aromatic nitrogens is 2. The van der Waals surface area contributed by atoms with Gasteiger partial charge in [-0.15, -0.1) is 0 Å². The average Bonchev–Trinajstić information content (AvgIpc) is 3.10. The van der Waals surface area contributed by atoms with E-state index in [0.29, 0.717) is 11.6 Å². The monoisotopic (exact) mass is 339 g/mol. The number of hydrogen-bond acceptors (Lipinski definition) is 2. The summed E-state index contributed by atoms with van der Waals surface area (Å²) in [5.41, 5.74) is 1.47. The van der Waals surface area contributed by atoms with Crippen molar-refractivity contribution in [2.24, 2.45) is 24.8 Å². The van der Waals surface area contributed by atoms with Crippen molar-refractivity contribution in [3.8, 4) is 0 Å². The van der Waals surface area contributed by atoms with Crippen LogP contribution in [-0.2, 0) is 7.05 Å².